The van der Waals surface area contributed by atoms with E-state index in [-0.39, 0.29) is 16.8 Å². The van der Waals surface area contributed by atoms with E-state index in [4.69, 9.17) is 8.15 Å². The van der Waals surface area contributed by atoms with Crippen molar-refractivity contribution in [3.05, 3.63) is 0 Å². The number of hydrogen-bond donors (Lipinski definition) is 1. The van der Waals surface area contributed by atoms with Gasteiger partial charge in [-0.15, -0.1) is 0 Å². The Morgan fingerprint density at radius 3 is 1.75 bits per heavy atom. The molecule has 0 atom stereocenters. The van der Waals surface area contributed by atoms with E-state index in [9.17, 15) is 0 Å². The van der Waals surface area contributed by atoms with Crippen molar-refractivity contribution < 1.29 is 39.6 Å². The molecule has 0 unspecified atom stereocenters. The maximum atomic E-state index is 8.42. The van der Waals surface area contributed by atoms with Crippen molar-refractivity contribution in [2.45, 2.75) is 0 Å². The summed E-state index contributed by atoms with van der Waals surface area (Å²) in [6, 6.07) is 0. The second-order valence-electron chi connectivity index (χ2n) is 0.0577. The van der Waals surface area contributed by atoms with Gasteiger partial charge in [0, 0.05) is 16.8 Å². The average molecular weight is 151 g/mol. The quantitative estimate of drug-likeness (QED) is 0.465. The van der Waals surface area contributed by atoms with Crippen molar-refractivity contribution in [3.8, 4) is 0 Å². The van der Waals surface area contributed by atoms with Crippen LogP contribution in [-0.2, 0) is 35.4 Å². The molecule has 0 spiro atoms. The van der Waals surface area contributed by atoms with Crippen molar-refractivity contribution in [1.82, 2.24) is 0 Å². The van der Waals surface area contributed by atoms with Crippen LogP contribution in [0.2, 0.25) is 0 Å². The fourth-order valence-electron chi connectivity index (χ4n) is 0. The molecular formula is HCoNiO2. The molecule has 0 aliphatic rings. The van der Waals surface area contributed by atoms with Gasteiger partial charge in [-0.05, 0) is 0 Å². The first kappa shape index (κ1) is 8.83. The van der Waals surface area contributed by atoms with Crippen LogP contribution in [0.3, 0.4) is 0 Å². The second kappa shape index (κ2) is 9.25. The predicted octanol–water partition coefficient (Wildman–Crippen LogP) is -0.681. The summed E-state index contributed by atoms with van der Waals surface area (Å²) in [7, 11) is 0. The Bertz CT molecular complexity index is 13.5. The zero-order valence-corrected chi connectivity index (χ0v) is 3.53. The first-order valence-corrected chi connectivity index (χ1v) is 1.12. The Morgan fingerprint density at radius 1 is 1.75 bits per heavy atom. The molecule has 0 aromatic heterocycles. The maximum absolute atomic E-state index is 8.42. The third-order valence-corrected chi connectivity index (χ3v) is 0. The van der Waals surface area contributed by atoms with E-state index < -0.39 is 14.7 Å². The molecule has 0 saturated carbocycles. The summed E-state index contributed by atoms with van der Waals surface area (Å²) in [4.78, 5) is 0. The van der Waals surface area contributed by atoms with Crippen molar-refractivity contribution in [2.24, 2.45) is 0 Å². The number of hydrogen-bond acceptors (Lipinski definition) is 1. The topological polar surface area (TPSA) is 37.3 Å². The van der Waals surface area contributed by atoms with Gasteiger partial charge in [0.2, 0.25) is 0 Å². The minimum absolute atomic E-state index is 0. The zero-order chi connectivity index (χ0) is 2.71. The van der Waals surface area contributed by atoms with Gasteiger partial charge in [-0.2, -0.15) is 0 Å². The molecule has 4 heteroatoms. The average Bonchev–Trinajstić information content (AvgIpc) is 0.918. The number of rotatable bonds is 0. The molecular weight excluding hydrogens is 150 g/mol. The van der Waals surface area contributed by atoms with Gasteiger partial charge >= 0.3 is 22.8 Å². The van der Waals surface area contributed by atoms with Gasteiger partial charge < -0.3 is 0 Å². The molecule has 0 aromatic rings. The van der Waals surface area contributed by atoms with Gasteiger partial charge in [0.1, 0.15) is 0 Å². The summed E-state index contributed by atoms with van der Waals surface area (Å²) >= 11 is -0.625. The summed E-state index contributed by atoms with van der Waals surface area (Å²) < 4.78 is 15.4. The van der Waals surface area contributed by atoms with Crippen LogP contribution >= 0.6 is 0 Å². The molecule has 0 fully saturated rings. The molecule has 4 heavy (non-hydrogen) atoms. The van der Waals surface area contributed by atoms with Crippen LogP contribution < -0.4 is 0 Å². The van der Waals surface area contributed by atoms with Gasteiger partial charge in [-0.1, -0.05) is 0 Å². The van der Waals surface area contributed by atoms with E-state index in [1.807, 2.05) is 0 Å². The minimum atomic E-state index is -0.625. The van der Waals surface area contributed by atoms with E-state index in [0.29, 0.717) is 0 Å². The van der Waals surface area contributed by atoms with Gasteiger partial charge in [-0.3, -0.25) is 0 Å². The molecule has 0 aliphatic heterocycles. The standard InChI is InChI=1S/Co.Ni.H2O.O/h;;1H2;/q;+1;;/p-1. The summed E-state index contributed by atoms with van der Waals surface area (Å²) in [5.41, 5.74) is 0. The molecule has 1 N–H and O–H groups in total. The van der Waals surface area contributed by atoms with Crippen LogP contribution in [0.1, 0.15) is 0 Å². The van der Waals surface area contributed by atoms with Crippen molar-refractivity contribution in [1.29, 1.82) is 0 Å². The van der Waals surface area contributed by atoms with Gasteiger partial charge in [-0.25, -0.2) is 0 Å². The van der Waals surface area contributed by atoms with Crippen molar-refractivity contribution in [2.75, 3.05) is 0 Å². The Kier molecular flexibility index (Phi) is 20.4. The van der Waals surface area contributed by atoms with E-state index in [2.05, 4.69) is 0 Å². The first-order chi connectivity index (χ1) is 1.41. The fourth-order valence-corrected chi connectivity index (χ4v) is 0. The molecule has 2 nitrogen and oxygen atoms in total. The van der Waals surface area contributed by atoms with Crippen LogP contribution in [0.25, 0.3) is 0 Å². The van der Waals surface area contributed by atoms with Gasteiger partial charge in [0.15, 0.2) is 0 Å². The molecule has 0 amide bonds. The summed E-state index contributed by atoms with van der Waals surface area (Å²) in [6.07, 6.45) is 0. The summed E-state index contributed by atoms with van der Waals surface area (Å²) in [5, 5.41) is 0. The van der Waals surface area contributed by atoms with Crippen LogP contribution in [0.15, 0.2) is 0 Å². The van der Waals surface area contributed by atoms with Crippen LogP contribution in [-0.4, -0.2) is 4.25 Å². The molecule has 0 heterocycles. The predicted molar refractivity (Wildman–Crippen MR) is 2.91 cm³/mol. The Morgan fingerprint density at radius 2 is 1.75 bits per heavy atom. The van der Waals surface area contributed by atoms with E-state index in [1.54, 1.807) is 0 Å². The fraction of sp³-hybridized carbons (Fsp3) is 0. The van der Waals surface area contributed by atoms with Gasteiger partial charge in [0.05, 0.1) is 0 Å². The normalized spacial score (nSPS) is 5.25. The molecule has 1 radical (unpaired) electrons. The first-order valence-electron chi connectivity index (χ1n) is 0.271. The van der Waals surface area contributed by atoms with Gasteiger partial charge in [0.25, 0.3) is 0 Å². The van der Waals surface area contributed by atoms with Crippen molar-refractivity contribution >= 4 is 0 Å². The van der Waals surface area contributed by atoms with Crippen LogP contribution in [0, 0.1) is 0 Å². The molecule has 0 saturated heterocycles. The van der Waals surface area contributed by atoms with Crippen LogP contribution in [0.5, 0.6) is 0 Å². The van der Waals surface area contributed by atoms with Crippen LogP contribution in [0.4, 0.5) is 0 Å². The molecule has 0 rings (SSSR count). The summed E-state index contributed by atoms with van der Waals surface area (Å²) in [5.74, 6) is 0. The zero-order valence-electron chi connectivity index (χ0n) is 1.51. The SMILES string of the molecule is [Co].[O]=[Ni][OH]. The molecule has 0 aliphatic carbocycles. The third kappa shape index (κ3) is 14.8. The third-order valence-electron chi connectivity index (χ3n) is 0. The Hall–Kier alpha value is 0.760. The molecule has 32 valence electrons. The monoisotopic (exact) mass is 150 g/mol. The van der Waals surface area contributed by atoms with Crippen molar-refractivity contribution in [3.63, 3.8) is 0 Å². The van der Waals surface area contributed by atoms with E-state index in [1.165, 1.54) is 0 Å². The Labute approximate surface area is 40.1 Å². The Balaban J connectivity index is 0. The van der Waals surface area contributed by atoms with E-state index >= 15 is 0 Å². The molecule has 0 aromatic carbocycles. The molecule has 0 bridgehead atoms. The summed E-state index contributed by atoms with van der Waals surface area (Å²) in [6.45, 7) is 0. The van der Waals surface area contributed by atoms with E-state index in [0.717, 1.165) is 0 Å². The second-order valence-corrected chi connectivity index (χ2v) is 0.238.